The number of amides is 1. The van der Waals surface area contributed by atoms with Crippen molar-refractivity contribution in [2.24, 2.45) is 10.8 Å². The van der Waals surface area contributed by atoms with Gasteiger partial charge in [0.2, 0.25) is 0 Å². The number of nitrogens with zero attached hydrogens (tertiary/aromatic N) is 4. The maximum absolute atomic E-state index is 12.5. The van der Waals surface area contributed by atoms with Gasteiger partial charge in [0.15, 0.2) is 0 Å². The molecule has 8 heteroatoms. The van der Waals surface area contributed by atoms with Crippen LogP contribution >= 0.6 is 12.4 Å². The fourth-order valence-corrected chi connectivity index (χ4v) is 3.23. The van der Waals surface area contributed by atoms with Gasteiger partial charge in [-0.2, -0.15) is 10.4 Å². The molecule has 0 bridgehead atoms. The molecule has 0 fully saturated rings. The van der Waals surface area contributed by atoms with Gasteiger partial charge in [0.05, 0.1) is 17.9 Å². The molecular weight excluding hydrogens is 402 g/mol. The van der Waals surface area contributed by atoms with E-state index in [0.29, 0.717) is 23.4 Å². The van der Waals surface area contributed by atoms with Crippen LogP contribution in [0.15, 0.2) is 88.8 Å². The summed E-state index contributed by atoms with van der Waals surface area (Å²) >= 11 is 0. The van der Waals surface area contributed by atoms with E-state index in [1.54, 1.807) is 11.0 Å². The number of allylic oxidation sites excluding steroid dienone is 1. The Labute approximate surface area is 180 Å². The van der Waals surface area contributed by atoms with Gasteiger partial charge in [-0.1, -0.05) is 54.6 Å². The lowest BCUT2D eigenvalue weighted by Gasteiger charge is -2.32. The molecule has 30 heavy (non-hydrogen) atoms. The minimum absolute atomic E-state index is 0. The first-order valence-electron chi connectivity index (χ1n) is 9.16. The van der Waals surface area contributed by atoms with E-state index in [0.717, 1.165) is 11.3 Å². The van der Waals surface area contributed by atoms with Gasteiger partial charge >= 0.3 is 6.09 Å². The average Bonchev–Trinajstić information content (AvgIpc) is 2.78. The molecule has 152 valence electrons. The first-order chi connectivity index (χ1) is 14.2. The van der Waals surface area contributed by atoms with Crippen LogP contribution < -0.4 is 10.7 Å². The van der Waals surface area contributed by atoms with E-state index >= 15 is 0 Å². The molecule has 0 atom stereocenters. The predicted molar refractivity (Wildman–Crippen MR) is 117 cm³/mol. The number of hydrogen-bond acceptors (Lipinski definition) is 6. The van der Waals surface area contributed by atoms with E-state index in [9.17, 15) is 10.1 Å². The molecule has 4 rings (SSSR count). The van der Waals surface area contributed by atoms with Crippen molar-refractivity contribution in [1.82, 2.24) is 4.90 Å². The number of rotatable bonds is 3. The standard InChI is InChI=1S/C22H19N5O2.ClH/c23-13-19-18-11-12-26(22(28)29-15-16-7-3-1-4-8-16)14-20(18)25-27(21(19)24)17-9-5-2-6-10-17;/h1-11H,12,14-15,24H2;1H. The van der Waals surface area contributed by atoms with Crippen LogP contribution in [0, 0.1) is 11.3 Å². The Morgan fingerprint density at radius 2 is 1.80 bits per heavy atom. The molecular formula is C22H20ClN5O2. The maximum atomic E-state index is 12.5. The highest BCUT2D eigenvalue weighted by Crippen LogP contribution is 2.29. The zero-order chi connectivity index (χ0) is 20.2. The number of nitriles is 1. The quantitative estimate of drug-likeness (QED) is 0.817. The summed E-state index contributed by atoms with van der Waals surface area (Å²) in [6.07, 6.45) is 1.36. The first kappa shape index (κ1) is 21.0. The Bertz CT molecular complexity index is 1060. The molecule has 0 unspecified atom stereocenters. The van der Waals surface area contributed by atoms with E-state index in [2.05, 4.69) is 11.2 Å². The van der Waals surface area contributed by atoms with E-state index in [1.807, 2.05) is 60.7 Å². The van der Waals surface area contributed by atoms with Gasteiger partial charge in [-0.05, 0) is 17.7 Å². The summed E-state index contributed by atoms with van der Waals surface area (Å²) < 4.78 is 5.42. The summed E-state index contributed by atoms with van der Waals surface area (Å²) in [7, 11) is 0. The third-order valence-electron chi connectivity index (χ3n) is 4.72. The summed E-state index contributed by atoms with van der Waals surface area (Å²) in [5.41, 5.74) is 9.50. The fourth-order valence-electron chi connectivity index (χ4n) is 3.23. The van der Waals surface area contributed by atoms with Crippen molar-refractivity contribution in [1.29, 1.82) is 5.26 Å². The molecule has 2 N–H and O–H groups in total. The van der Waals surface area contributed by atoms with Gasteiger partial charge in [-0.3, -0.25) is 4.90 Å². The number of ether oxygens (including phenoxy) is 1. The monoisotopic (exact) mass is 421 g/mol. The zero-order valence-corrected chi connectivity index (χ0v) is 16.9. The lowest BCUT2D eigenvalue weighted by molar-refractivity contribution is 0.104. The predicted octanol–water partition coefficient (Wildman–Crippen LogP) is 3.56. The Balaban J connectivity index is 0.00000256. The number of nitrogens with two attached hydrogens (primary N) is 1. The van der Waals surface area contributed by atoms with Crippen LogP contribution in [-0.2, 0) is 11.3 Å². The van der Waals surface area contributed by atoms with Crippen LogP contribution in [0.4, 0.5) is 10.5 Å². The van der Waals surface area contributed by atoms with Crippen molar-refractivity contribution < 1.29 is 9.53 Å². The molecule has 2 aliphatic heterocycles. The molecule has 2 heterocycles. The van der Waals surface area contributed by atoms with Crippen LogP contribution in [0.3, 0.4) is 0 Å². The number of benzene rings is 2. The first-order valence-corrected chi connectivity index (χ1v) is 9.16. The minimum atomic E-state index is -0.431. The van der Waals surface area contributed by atoms with Crippen LogP contribution in [0.25, 0.3) is 0 Å². The van der Waals surface area contributed by atoms with Crippen molar-refractivity contribution >= 4 is 29.9 Å². The number of halogens is 1. The van der Waals surface area contributed by atoms with E-state index in [1.165, 1.54) is 5.01 Å². The highest BCUT2D eigenvalue weighted by Gasteiger charge is 2.31. The lowest BCUT2D eigenvalue weighted by atomic mass is 9.97. The average molecular weight is 422 g/mol. The number of hydrogen-bond donors (Lipinski definition) is 1. The Morgan fingerprint density at radius 3 is 2.47 bits per heavy atom. The normalized spacial score (nSPS) is 15.3. The highest BCUT2D eigenvalue weighted by atomic mass is 35.5. The van der Waals surface area contributed by atoms with Crippen LogP contribution in [0.5, 0.6) is 0 Å². The molecule has 0 saturated heterocycles. The second kappa shape index (κ2) is 9.16. The van der Waals surface area contributed by atoms with Crippen LogP contribution in [0.1, 0.15) is 5.56 Å². The van der Waals surface area contributed by atoms with Gasteiger partial charge in [0.1, 0.15) is 24.1 Å². The Morgan fingerprint density at radius 1 is 1.13 bits per heavy atom. The van der Waals surface area contributed by atoms with E-state index in [-0.39, 0.29) is 31.4 Å². The fraction of sp³-hybridized carbons (Fsp3) is 0.136. The molecule has 1 amide bonds. The number of fused-ring (bicyclic) bond motifs is 1. The topological polar surface area (TPSA) is 95.0 Å². The second-order valence-electron chi connectivity index (χ2n) is 6.60. The summed E-state index contributed by atoms with van der Waals surface area (Å²) in [6, 6.07) is 21.0. The van der Waals surface area contributed by atoms with Gasteiger partial charge in [0, 0.05) is 12.1 Å². The molecule has 2 aromatic rings. The SMILES string of the molecule is Cl.N#CC1=C(N)N(c2ccccc2)N=C2CN(C(=O)OCc3ccccc3)CC=C21. The third kappa shape index (κ3) is 4.14. The maximum Gasteiger partial charge on any atom is 0.410 e. The van der Waals surface area contributed by atoms with Crippen LogP contribution in [0.2, 0.25) is 0 Å². The number of anilines is 1. The summed E-state index contributed by atoms with van der Waals surface area (Å²) in [6.45, 7) is 0.763. The van der Waals surface area contributed by atoms with Gasteiger partial charge < -0.3 is 10.5 Å². The summed E-state index contributed by atoms with van der Waals surface area (Å²) in [4.78, 5) is 14.1. The molecule has 2 aromatic carbocycles. The summed E-state index contributed by atoms with van der Waals surface area (Å²) in [5, 5.41) is 15.8. The number of hydrazone groups is 1. The zero-order valence-electron chi connectivity index (χ0n) is 16.1. The molecule has 0 saturated carbocycles. The number of carbonyl (C=O) groups is 1. The third-order valence-corrected chi connectivity index (χ3v) is 4.72. The van der Waals surface area contributed by atoms with Crippen molar-refractivity contribution in [2.75, 3.05) is 18.1 Å². The summed E-state index contributed by atoms with van der Waals surface area (Å²) in [5.74, 6) is 0.272. The second-order valence-corrected chi connectivity index (χ2v) is 6.60. The van der Waals surface area contributed by atoms with Gasteiger partial charge in [-0.15, -0.1) is 12.4 Å². The molecule has 2 aliphatic rings. The van der Waals surface area contributed by atoms with Crippen molar-refractivity contribution in [3.8, 4) is 6.07 Å². The Hall–Kier alpha value is -3.76. The highest BCUT2D eigenvalue weighted by molar-refractivity contribution is 6.09. The lowest BCUT2D eigenvalue weighted by Crippen LogP contribution is -2.43. The van der Waals surface area contributed by atoms with E-state index < -0.39 is 6.09 Å². The largest absolute Gasteiger partial charge is 0.445 e. The number of carbonyl (C=O) groups excluding carboxylic acids is 1. The smallest absolute Gasteiger partial charge is 0.410 e. The van der Waals surface area contributed by atoms with Crippen molar-refractivity contribution in [2.45, 2.75) is 6.61 Å². The van der Waals surface area contributed by atoms with Gasteiger partial charge in [0.25, 0.3) is 0 Å². The molecule has 7 nitrogen and oxygen atoms in total. The molecule has 0 radical (unpaired) electrons. The van der Waals surface area contributed by atoms with Crippen molar-refractivity contribution in [3.05, 3.63) is 89.3 Å². The molecule has 0 spiro atoms. The number of para-hydroxylation sites is 1. The van der Waals surface area contributed by atoms with E-state index in [4.69, 9.17) is 10.5 Å². The Kier molecular flexibility index (Phi) is 6.40. The van der Waals surface area contributed by atoms with Crippen molar-refractivity contribution in [3.63, 3.8) is 0 Å². The van der Waals surface area contributed by atoms with Gasteiger partial charge in [-0.25, -0.2) is 9.80 Å². The van der Waals surface area contributed by atoms with Crippen LogP contribution in [-0.4, -0.2) is 29.8 Å². The molecule has 0 aliphatic carbocycles. The molecule has 0 aromatic heterocycles. The minimum Gasteiger partial charge on any atom is -0.445 e.